The normalized spacial score (nSPS) is 13.7. The highest BCUT2D eigenvalue weighted by molar-refractivity contribution is 6.03. The first kappa shape index (κ1) is 20.7. The quantitative estimate of drug-likeness (QED) is 0.812. The van der Waals surface area contributed by atoms with Crippen molar-refractivity contribution < 1.29 is 19.1 Å². The molecule has 1 aliphatic rings. The Morgan fingerprint density at radius 3 is 2.59 bits per heavy atom. The Morgan fingerprint density at radius 1 is 1.17 bits per heavy atom. The van der Waals surface area contributed by atoms with Gasteiger partial charge in [0.1, 0.15) is 12.3 Å². The van der Waals surface area contributed by atoms with Gasteiger partial charge >= 0.3 is 0 Å². The molecule has 0 bridgehead atoms. The Morgan fingerprint density at radius 2 is 1.90 bits per heavy atom. The third-order valence-corrected chi connectivity index (χ3v) is 4.84. The van der Waals surface area contributed by atoms with Crippen LogP contribution in [0, 0.1) is 6.92 Å². The number of nitrogens with one attached hydrogen (secondary N) is 1. The smallest absolute Gasteiger partial charge is 0.244 e. The van der Waals surface area contributed by atoms with Crippen LogP contribution >= 0.6 is 0 Å². The van der Waals surface area contributed by atoms with Gasteiger partial charge in [0.25, 0.3) is 0 Å². The number of ether oxygens (including phenoxy) is 2. The summed E-state index contributed by atoms with van der Waals surface area (Å²) in [4.78, 5) is 28.7. The molecular weight excluding hydrogens is 370 g/mol. The van der Waals surface area contributed by atoms with Crippen LogP contribution in [0.15, 0.2) is 42.5 Å². The average molecular weight is 397 g/mol. The van der Waals surface area contributed by atoms with Crippen molar-refractivity contribution in [2.75, 3.05) is 55.1 Å². The number of methoxy groups -OCH3 is 1. The Bertz CT molecular complexity index is 878. The van der Waals surface area contributed by atoms with E-state index in [2.05, 4.69) is 10.2 Å². The molecule has 0 unspecified atom stereocenters. The Kier molecular flexibility index (Phi) is 6.72. The fourth-order valence-electron chi connectivity index (χ4n) is 3.37. The summed E-state index contributed by atoms with van der Waals surface area (Å²) in [7, 11) is 1.55. The first-order chi connectivity index (χ1) is 14.0. The van der Waals surface area contributed by atoms with E-state index < -0.39 is 0 Å². The fraction of sp³-hybridized carbons (Fsp3) is 0.364. The van der Waals surface area contributed by atoms with Crippen molar-refractivity contribution in [3.05, 3.63) is 48.0 Å². The first-order valence-electron chi connectivity index (χ1n) is 9.64. The van der Waals surface area contributed by atoms with Gasteiger partial charge in [-0.3, -0.25) is 14.5 Å². The number of para-hydroxylation sites is 2. The summed E-state index contributed by atoms with van der Waals surface area (Å²) in [6.07, 6.45) is 0. The highest BCUT2D eigenvalue weighted by Gasteiger charge is 2.21. The van der Waals surface area contributed by atoms with E-state index in [9.17, 15) is 9.59 Å². The number of hydrogen-bond donors (Lipinski definition) is 1. The molecule has 0 spiro atoms. The predicted molar refractivity (Wildman–Crippen MR) is 114 cm³/mol. The van der Waals surface area contributed by atoms with E-state index in [1.165, 1.54) is 11.8 Å². The highest BCUT2D eigenvalue weighted by atomic mass is 16.5. The molecule has 1 saturated heterocycles. The SMILES string of the molecule is COc1ccc(C)cc1N(CC(=O)Nc1ccccc1N1CCOCC1)C(C)=O. The number of aryl methyl sites for hydroxylation is 1. The number of hydrogen-bond acceptors (Lipinski definition) is 5. The number of rotatable bonds is 6. The minimum Gasteiger partial charge on any atom is -0.495 e. The van der Waals surface area contributed by atoms with Gasteiger partial charge in [-0.05, 0) is 36.8 Å². The summed E-state index contributed by atoms with van der Waals surface area (Å²) in [6.45, 7) is 6.13. The van der Waals surface area contributed by atoms with Gasteiger partial charge in [0.15, 0.2) is 0 Å². The van der Waals surface area contributed by atoms with Gasteiger partial charge in [-0.15, -0.1) is 0 Å². The lowest BCUT2D eigenvalue weighted by Crippen LogP contribution is -2.38. The molecule has 1 fully saturated rings. The summed E-state index contributed by atoms with van der Waals surface area (Å²) in [5.41, 5.74) is 3.23. The standard InChI is InChI=1S/C22H27N3O4/c1-16-8-9-21(28-3)20(14-16)25(17(2)26)15-22(27)23-18-6-4-5-7-19(18)24-10-12-29-13-11-24/h4-9,14H,10-13,15H2,1-3H3,(H,23,27). The van der Waals surface area contributed by atoms with E-state index >= 15 is 0 Å². The summed E-state index contributed by atoms with van der Waals surface area (Å²) < 4.78 is 10.8. The van der Waals surface area contributed by atoms with Crippen molar-refractivity contribution in [2.24, 2.45) is 0 Å². The monoisotopic (exact) mass is 397 g/mol. The van der Waals surface area contributed by atoms with Crippen molar-refractivity contribution in [3.63, 3.8) is 0 Å². The molecule has 0 atom stereocenters. The molecule has 2 amide bonds. The largest absolute Gasteiger partial charge is 0.495 e. The van der Waals surface area contributed by atoms with E-state index in [0.29, 0.717) is 24.7 Å². The summed E-state index contributed by atoms with van der Waals surface area (Å²) in [5, 5.41) is 2.96. The van der Waals surface area contributed by atoms with Gasteiger partial charge in [-0.2, -0.15) is 0 Å². The number of carbonyl (C=O) groups excluding carboxylic acids is 2. The van der Waals surface area contributed by atoms with Crippen molar-refractivity contribution in [1.82, 2.24) is 0 Å². The zero-order valence-electron chi connectivity index (χ0n) is 17.1. The molecular formula is C22H27N3O4. The zero-order valence-corrected chi connectivity index (χ0v) is 17.1. The molecule has 7 heteroatoms. The van der Waals surface area contributed by atoms with Crippen LogP contribution in [-0.2, 0) is 14.3 Å². The van der Waals surface area contributed by atoms with Gasteiger partial charge in [0, 0.05) is 20.0 Å². The van der Waals surface area contributed by atoms with Crippen LogP contribution in [0.4, 0.5) is 17.1 Å². The Hall–Kier alpha value is -3.06. The topological polar surface area (TPSA) is 71.1 Å². The van der Waals surface area contributed by atoms with Crippen molar-refractivity contribution in [3.8, 4) is 5.75 Å². The minimum absolute atomic E-state index is 0.105. The molecule has 7 nitrogen and oxygen atoms in total. The summed E-state index contributed by atoms with van der Waals surface area (Å²) in [6, 6.07) is 13.2. The van der Waals surface area contributed by atoms with Gasteiger partial charge in [-0.1, -0.05) is 18.2 Å². The number of morpholine rings is 1. The number of carbonyl (C=O) groups is 2. The number of benzene rings is 2. The van der Waals surface area contributed by atoms with Crippen LogP contribution in [-0.4, -0.2) is 51.8 Å². The van der Waals surface area contributed by atoms with E-state index in [4.69, 9.17) is 9.47 Å². The van der Waals surface area contributed by atoms with Crippen LogP contribution in [0.25, 0.3) is 0 Å². The van der Waals surface area contributed by atoms with Gasteiger partial charge in [0.05, 0.1) is 37.4 Å². The van der Waals surface area contributed by atoms with Crippen LogP contribution in [0.5, 0.6) is 5.75 Å². The average Bonchev–Trinajstić information content (AvgIpc) is 2.73. The van der Waals surface area contributed by atoms with Crippen molar-refractivity contribution >= 4 is 28.9 Å². The lowest BCUT2D eigenvalue weighted by molar-refractivity contribution is -0.120. The lowest BCUT2D eigenvalue weighted by atomic mass is 10.2. The molecule has 1 N–H and O–H groups in total. The van der Waals surface area contributed by atoms with Gasteiger partial charge in [0.2, 0.25) is 11.8 Å². The lowest BCUT2D eigenvalue weighted by Gasteiger charge is -2.30. The third kappa shape index (κ3) is 5.06. The summed E-state index contributed by atoms with van der Waals surface area (Å²) in [5.74, 6) is 0.0438. The second-order valence-electron chi connectivity index (χ2n) is 6.95. The second-order valence-corrected chi connectivity index (χ2v) is 6.95. The van der Waals surface area contributed by atoms with Crippen molar-refractivity contribution in [1.29, 1.82) is 0 Å². The van der Waals surface area contributed by atoms with E-state index in [0.717, 1.165) is 30.0 Å². The molecule has 0 radical (unpaired) electrons. The first-order valence-corrected chi connectivity index (χ1v) is 9.64. The Balaban J connectivity index is 1.79. The molecule has 2 aromatic rings. The van der Waals surface area contributed by atoms with E-state index in [1.807, 2.05) is 43.3 Å². The fourth-order valence-corrected chi connectivity index (χ4v) is 3.37. The molecule has 29 heavy (non-hydrogen) atoms. The predicted octanol–water partition coefficient (Wildman–Crippen LogP) is 2.83. The molecule has 0 aromatic heterocycles. The number of anilines is 3. The van der Waals surface area contributed by atoms with Crippen LogP contribution in [0.3, 0.4) is 0 Å². The maximum atomic E-state index is 12.8. The maximum absolute atomic E-state index is 12.8. The molecule has 2 aromatic carbocycles. The van der Waals surface area contributed by atoms with E-state index in [-0.39, 0.29) is 18.4 Å². The maximum Gasteiger partial charge on any atom is 0.244 e. The van der Waals surface area contributed by atoms with Crippen LogP contribution < -0.4 is 19.9 Å². The number of nitrogens with zero attached hydrogens (tertiary/aromatic N) is 2. The molecule has 1 heterocycles. The highest BCUT2D eigenvalue weighted by Crippen LogP contribution is 2.30. The van der Waals surface area contributed by atoms with Crippen LogP contribution in [0.1, 0.15) is 12.5 Å². The van der Waals surface area contributed by atoms with Gasteiger partial charge in [-0.25, -0.2) is 0 Å². The summed E-state index contributed by atoms with van der Waals surface area (Å²) >= 11 is 0. The van der Waals surface area contributed by atoms with Crippen molar-refractivity contribution in [2.45, 2.75) is 13.8 Å². The second kappa shape index (κ2) is 9.43. The molecule has 1 aliphatic heterocycles. The number of amides is 2. The molecule has 0 aliphatic carbocycles. The zero-order chi connectivity index (χ0) is 20.8. The molecule has 0 saturated carbocycles. The van der Waals surface area contributed by atoms with E-state index in [1.54, 1.807) is 13.2 Å². The Labute approximate surface area is 171 Å². The van der Waals surface area contributed by atoms with Crippen LogP contribution in [0.2, 0.25) is 0 Å². The molecule has 154 valence electrons. The third-order valence-electron chi connectivity index (χ3n) is 4.84. The van der Waals surface area contributed by atoms with Gasteiger partial charge < -0.3 is 19.7 Å². The minimum atomic E-state index is -0.274. The molecule has 3 rings (SSSR count).